The molecule has 0 aliphatic carbocycles. The van der Waals surface area contributed by atoms with Crippen LogP contribution < -0.4 is 10.5 Å². The van der Waals surface area contributed by atoms with Gasteiger partial charge in [0.15, 0.2) is 0 Å². The summed E-state index contributed by atoms with van der Waals surface area (Å²) in [7, 11) is 0. The summed E-state index contributed by atoms with van der Waals surface area (Å²) in [5, 5.41) is 28.8. The van der Waals surface area contributed by atoms with Gasteiger partial charge < -0.3 is 15.1 Å². The lowest BCUT2D eigenvalue weighted by atomic mass is 9.98. The number of piperidine rings is 1. The first-order valence-corrected chi connectivity index (χ1v) is 7.79. The van der Waals surface area contributed by atoms with Crippen molar-refractivity contribution in [2.75, 3.05) is 19.7 Å². The lowest BCUT2D eigenvalue weighted by Gasteiger charge is -2.29. The van der Waals surface area contributed by atoms with Crippen molar-refractivity contribution in [1.29, 1.82) is 5.26 Å². The Labute approximate surface area is 130 Å². The molecule has 1 aromatic heterocycles. The molecule has 0 amide bonds. The van der Waals surface area contributed by atoms with Gasteiger partial charge in [0.2, 0.25) is 5.88 Å². The molecule has 1 unspecified atom stereocenters. The smallest absolute Gasteiger partial charge is 0.271 e. The van der Waals surface area contributed by atoms with E-state index in [0.717, 1.165) is 24.1 Å². The van der Waals surface area contributed by atoms with Crippen LogP contribution in [0.2, 0.25) is 0 Å². The molecular formula is C16H24N3O3+. The highest BCUT2D eigenvalue weighted by molar-refractivity contribution is 5.44. The molecule has 0 spiro atoms. The number of rotatable bonds is 4. The number of pyridine rings is 1. The monoisotopic (exact) mass is 306 g/mol. The van der Waals surface area contributed by atoms with Crippen molar-refractivity contribution in [2.24, 2.45) is 5.92 Å². The van der Waals surface area contributed by atoms with Crippen LogP contribution in [-0.4, -0.2) is 34.5 Å². The minimum Gasteiger partial charge on any atom is -0.494 e. The number of likely N-dealkylation sites (tertiary alicyclic amines) is 1. The number of quaternary nitrogens is 1. The number of aliphatic hydroxyl groups excluding tert-OH is 1. The van der Waals surface area contributed by atoms with Crippen molar-refractivity contribution >= 4 is 0 Å². The Kier molecular flexibility index (Phi) is 5.22. The number of aromatic nitrogens is 1. The molecule has 6 heteroatoms. The molecule has 2 rings (SSSR count). The Morgan fingerprint density at radius 2 is 2.23 bits per heavy atom. The number of hydrogen-bond acceptors (Lipinski definition) is 4. The molecule has 1 aromatic rings. The highest BCUT2D eigenvalue weighted by Crippen LogP contribution is 2.21. The van der Waals surface area contributed by atoms with Gasteiger partial charge in [-0.3, -0.25) is 9.36 Å². The molecule has 3 N–H and O–H groups in total. The quantitative estimate of drug-likeness (QED) is 0.702. The van der Waals surface area contributed by atoms with Crippen molar-refractivity contribution in [1.82, 2.24) is 4.57 Å². The molecule has 0 aromatic carbocycles. The Balaban J connectivity index is 2.44. The zero-order chi connectivity index (χ0) is 16.3. The minimum atomic E-state index is -0.530. The van der Waals surface area contributed by atoms with Crippen LogP contribution >= 0.6 is 0 Å². The Bertz CT molecular complexity index is 646. The van der Waals surface area contributed by atoms with Gasteiger partial charge in [-0.05, 0) is 25.3 Å². The van der Waals surface area contributed by atoms with Crippen molar-refractivity contribution in [2.45, 2.75) is 39.8 Å². The predicted molar refractivity (Wildman–Crippen MR) is 81.7 cm³/mol. The van der Waals surface area contributed by atoms with Crippen LogP contribution in [0, 0.1) is 24.2 Å². The summed E-state index contributed by atoms with van der Waals surface area (Å²) in [4.78, 5) is 13.5. The van der Waals surface area contributed by atoms with Crippen molar-refractivity contribution in [3.63, 3.8) is 0 Å². The number of nitriles is 1. The second-order valence-corrected chi connectivity index (χ2v) is 6.22. The second kappa shape index (κ2) is 6.95. The van der Waals surface area contributed by atoms with Crippen LogP contribution in [0.3, 0.4) is 0 Å². The standard InChI is InChI=1S/C16H23N3O3/c1-11-4-3-5-18(9-11)10-14-12(2)13(8-17)15(21)19(6-7-20)16(14)22/h11,20,22H,3-7,9-10H2,1-2H3/p+1/t11-/m1/s1. The number of aromatic hydroxyl groups is 1. The Morgan fingerprint density at radius 1 is 1.50 bits per heavy atom. The molecular weight excluding hydrogens is 282 g/mol. The molecule has 6 nitrogen and oxygen atoms in total. The van der Waals surface area contributed by atoms with E-state index in [1.165, 1.54) is 11.3 Å². The summed E-state index contributed by atoms with van der Waals surface area (Å²) in [5.74, 6) is 0.534. The van der Waals surface area contributed by atoms with Crippen LogP contribution in [0.1, 0.15) is 36.5 Å². The summed E-state index contributed by atoms with van der Waals surface area (Å²) in [6.07, 6.45) is 2.37. The predicted octanol–water partition coefficient (Wildman–Crippen LogP) is -0.459. The van der Waals surface area contributed by atoms with Crippen LogP contribution in [-0.2, 0) is 13.1 Å². The Hall–Kier alpha value is -1.84. The maximum Gasteiger partial charge on any atom is 0.271 e. The lowest BCUT2D eigenvalue weighted by molar-refractivity contribution is -0.922. The van der Waals surface area contributed by atoms with E-state index >= 15 is 0 Å². The maximum absolute atomic E-state index is 12.2. The van der Waals surface area contributed by atoms with Gasteiger partial charge in [-0.2, -0.15) is 5.26 Å². The minimum absolute atomic E-state index is 0.00162. The molecule has 22 heavy (non-hydrogen) atoms. The van der Waals surface area contributed by atoms with E-state index in [1.807, 2.05) is 6.07 Å². The molecule has 0 saturated carbocycles. The van der Waals surface area contributed by atoms with E-state index in [4.69, 9.17) is 5.11 Å². The van der Waals surface area contributed by atoms with Crippen molar-refractivity contribution in [3.05, 3.63) is 27.0 Å². The van der Waals surface area contributed by atoms with E-state index < -0.39 is 5.56 Å². The molecule has 2 atom stereocenters. The molecule has 1 saturated heterocycles. The van der Waals surface area contributed by atoms with Crippen molar-refractivity contribution < 1.29 is 15.1 Å². The van der Waals surface area contributed by atoms with Crippen LogP contribution in [0.15, 0.2) is 4.79 Å². The van der Waals surface area contributed by atoms with Gasteiger partial charge in [0.25, 0.3) is 5.56 Å². The van der Waals surface area contributed by atoms with Gasteiger partial charge in [0.1, 0.15) is 18.2 Å². The maximum atomic E-state index is 12.2. The summed E-state index contributed by atoms with van der Waals surface area (Å²) in [5.41, 5.74) is 0.738. The first kappa shape index (κ1) is 16.5. The Morgan fingerprint density at radius 3 is 2.82 bits per heavy atom. The summed E-state index contributed by atoms with van der Waals surface area (Å²) in [6, 6.07) is 1.94. The fourth-order valence-electron chi connectivity index (χ4n) is 3.33. The molecule has 2 heterocycles. The average molecular weight is 306 g/mol. The zero-order valence-electron chi connectivity index (χ0n) is 13.2. The second-order valence-electron chi connectivity index (χ2n) is 6.22. The van der Waals surface area contributed by atoms with Crippen LogP contribution in [0.4, 0.5) is 0 Å². The molecule has 0 radical (unpaired) electrons. The van der Waals surface area contributed by atoms with E-state index in [0.29, 0.717) is 23.6 Å². The van der Waals surface area contributed by atoms with E-state index in [2.05, 4.69) is 6.92 Å². The lowest BCUT2D eigenvalue weighted by Crippen LogP contribution is -3.12. The third-order valence-corrected chi connectivity index (χ3v) is 4.54. The molecule has 1 fully saturated rings. The normalized spacial score (nSPS) is 21.5. The fourth-order valence-corrected chi connectivity index (χ4v) is 3.33. The SMILES string of the molecule is Cc1c(C[NH+]2CCC[C@@H](C)C2)c(O)n(CCO)c(=O)c1C#N. The zero-order valence-corrected chi connectivity index (χ0v) is 13.2. The van der Waals surface area contributed by atoms with Crippen LogP contribution in [0.25, 0.3) is 0 Å². The summed E-state index contributed by atoms with van der Waals surface area (Å²) < 4.78 is 1.10. The first-order valence-electron chi connectivity index (χ1n) is 7.79. The van der Waals surface area contributed by atoms with E-state index in [9.17, 15) is 15.2 Å². The largest absolute Gasteiger partial charge is 0.494 e. The number of hydrogen-bond donors (Lipinski definition) is 3. The highest BCUT2D eigenvalue weighted by Gasteiger charge is 2.25. The molecule has 1 aliphatic heterocycles. The van der Waals surface area contributed by atoms with Gasteiger partial charge in [0.05, 0.1) is 31.8 Å². The third kappa shape index (κ3) is 3.16. The molecule has 1 aliphatic rings. The average Bonchev–Trinajstić information content (AvgIpc) is 2.49. The fraction of sp³-hybridized carbons (Fsp3) is 0.625. The topological polar surface area (TPSA) is 90.7 Å². The van der Waals surface area contributed by atoms with E-state index in [-0.39, 0.29) is 24.6 Å². The third-order valence-electron chi connectivity index (χ3n) is 4.54. The van der Waals surface area contributed by atoms with Gasteiger partial charge in [-0.15, -0.1) is 0 Å². The van der Waals surface area contributed by atoms with Crippen LogP contribution in [0.5, 0.6) is 5.88 Å². The number of aliphatic hydroxyl groups is 1. The first-order chi connectivity index (χ1) is 10.5. The number of nitrogens with one attached hydrogen (secondary N) is 1. The highest BCUT2D eigenvalue weighted by atomic mass is 16.3. The summed E-state index contributed by atoms with van der Waals surface area (Å²) >= 11 is 0. The van der Waals surface area contributed by atoms with Gasteiger partial charge in [-0.1, -0.05) is 6.92 Å². The molecule has 0 bridgehead atoms. The van der Waals surface area contributed by atoms with E-state index in [1.54, 1.807) is 6.92 Å². The van der Waals surface area contributed by atoms with Crippen molar-refractivity contribution in [3.8, 4) is 11.9 Å². The van der Waals surface area contributed by atoms with Gasteiger partial charge in [-0.25, -0.2) is 0 Å². The number of nitrogens with zero attached hydrogens (tertiary/aromatic N) is 2. The summed E-state index contributed by atoms with van der Waals surface area (Å²) in [6.45, 7) is 6.34. The molecule has 120 valence electrons. The van der Waals surface area contributed by atoms with Gasteiger partial charge in [0, 0.05) is 5.92 Å². The van der Waals surface area contributed by atoms with Gasteiger partial charge >= 0.3 is 0 Å².